The second-order valence-electron chi connectivity index (χ2n) is 2.90. The molecule has 1 aromatic rings. The van der Waals surface area contributed by atoms with Crippen LogP contribution in [0.5, 0.6) is 5.75 Å². The number of benzene rings is 1. The van der Waals surface area contributed by atoms with Gasteiger partial charge in [-0.05, 0) is 18.2 Å². The predicted octanol–water partition coefficient (Wildman–Crippen LogP) is 2.18. The number of nitrogens with one attached hydrogen (secondary N) is 1. The third-order valence-corrected chi connectivity index (χ3v) is 1.90. The highest BCUT2D eigenvalue weighted by molar-refractivity contribution is 5.83. The van der Waals surface area contributed by atoms with E-state index in [-0.39, 0.29) is 0 Å². The van der Waals surface area contributed by atoms with E-state index in [1.807, 2.05) is 18.2 Å². The fraction of sp³-hybridized carbons (Fsp3) is 0.100. The van der Waals surface area contributed by atoms with E-state index in [1.165, 1.54) is 0 Å². The second kappa shape index (κ2) is 3.41. The summed E-state index contributed by atoms with van der Waals surface area (Å²) in [7, 11) is 0. The van der Waals surface area contributed by atoms with Gasteiger partial charge in [0.15, 0.2) is 0 Å². The van der Waals surface area contributed by atoms with E-state index in [0.717, 1.165) is 5.56 Å². The van der Waals surface area contributed by atoms with Crippen molar-refractivity contribution in [2.24, 2.45) is 0 Å². The molecule has 0 aromatic heterocycles. The molecule has 0 bridgehead atoms. The fourth-order valence-electron chi connectivity index (χ4n) is 1.31. The predicted molar refractivity (Wildman–Crippen MR) is 52.6 cm³/mol. The molecule has 1 amide bonds. The molecule has 0 fully saturated rings. The maximum absolute atomic E-state index is 10.4. The Morgan fingerprint density at radius 2 is 2.36 bits per heavy atom. The quantitative estimate of drug-likeness (QED) is 0.715. The van der Waals surface area contributed by atoms with Crippen molar-refractivity contribution in [1.29, 1.82) is 0 Å². The normalized spacial score (nSPS) is 12.9. The molecule has 0 saturated carbocycles. The standard InChI is InChI=1S/C10H9NO3/c12-10(13)11-8-4-3-7-2-1-5-14-9(7)6-8/h1-4,6,11H,5H2,(H,12,13). The molecule has 0 radical (unpaired) electrons. The first-order valence-corrected chi connectivity index (χ1v) is 4.19. The van der Waals surface area contributed by atoms with Crippen LogP contribution in [0.3, 0.4) is 0 Å². The van der Waals surface area contributed by atoms with E-state index in [1.54, 1.807) is 12.1 Å². The molecule has 1 aromatic carbocycles. The summed E-state index contributed by atoms with van der Waals surface area (Å²) in [4.78, 5) is 10.4. The van der Waals surface area contributed by atoms with Crippen molar-refractivity contribution in [3.8, 4) is 5.75 Å². The van der Waals surface area contributed by atoms with E-state index >= 15 is 0 Å². The highest BCUT2D eigenvalue weighted by Crippen LogP contribution is 2.26. The van der Waals surface area contributed by atoms with Gasteiger partial charge in [-0.15, -0.1) is 0 Å². The van der Waals surface area contributed by atoms with Crippen molar-refractivity contribution in [3.63, 3.8) is 0 Å². The van der Waals surface area contributed by atoms with Crippen LogP contribution in [0.2, 0.25) is 0 Å². The van der Waals surface area contributed by atoms with Gasteiger partial charge in [0.05, 0.1) is 0 Å². The lowest BCUT2D eigenvalue weighted by atomic mass is 10.1. The van der Waals surface area contributed by atoms with Gasteiger partial charge in [0.2, 0.25) is 0 Å². The third kappa shape index (κ3) is 1.69. The number of hydrogen-bond acceptors (Lipinski definition) is 2. The summed E-state index contributed by atoms with van der Waals surface area (Å²) >= 11 is 0. The van der Waals surface area contributed by atoms with Crippen LogP contribution in [-0.4, -0.2) is 17.8 Å². The van der Waals surface area contributed by atoms with Gasteiger partial charge in [0.1, 0.15) is 12.4 Å². The van der Waals surface area contributed by atoms with Crippen molar-refractivity contribution in [2.75, 3.05) is 11.9 Å². The largest absolute Gasteiger partial charge is 0.489 e. The van der Waals surface area contributed by atoms with Crippen LogP contribution in [0.1, 0.15) is 5.56 Å². The molecule has 4 nitrogen and oxygen atoms in total. The SMILES string of the molecule is O=C(O)Nc1ccc2c(c1)OCC=C2. The van der Waals surface area contributed by atoms with Gasteiger partial charge in [-0.1, -0.05) is 6.08 Å². The summed E-state index contributed by atoms with van der Waals surface area (Å²) in [5.74, 6) is 0.707. The maximum Gasteiger partial charge on any atom is 0.409 e. The van der Waals surface area contributed by atoms with Crippen LogP contribution in [0, 0.1) is 0 Å². The number of hydrogen-bond donors (Lipinski definition) is 2. The second-order valence-corrected chi connectivity index (χ2v) is 2.90. The molecule has 0 atom stereocenters. The van der Waals surface area contributed by atoms with Crippen LogP contribution >= 0.6 is 0 Å². The molecule has 0 spiro atoms. The monoisotopic (exact) mass is 191 g/mol. The molecule has 1 aliphatic rings. The topological polar surface area (TPSA) is 58.6 Å². The summed E-state index contributed by atoms with van der Waals surface area (Å²) in [6.45, 7) is 0.531. The Kier molecular flexibility index (Phi) is 2.10. The third-order valence-electron chi connectivity index (χ3n) is 1.90. The Morgan fingerprint density at radius 1 is 1.50 bits per heavy atom. The highest BCUT2D eigenvalue weighted by Gasteiger charge is 2.07. The summed E-state index contributed by atoms with van der Waals surface area (Å²) in [6, 6.07) is 5.19. The van der Waals surface area contributed by atoms with Crippen LogP contribution in [0.25, 0.3) is 6.08 Å². The van der Waals surface area contributed by atoms with Crippen LogP contribution < -0.4 is 10.1 Å². The molecule has 0 aliphatic carbocycles. The summed E-state index contributed by atoms with van der Waals surface area (Å²) in [5.41, 5.74) is 1.48. The van der Waals surface area contributed by atoms with Crippen molar-refractivity contribution in [3.05, 3.63) is 29.8 Å². The number of rotatable bonds is 1. The molecular formula is C10H9NO3. The minimum absolute atomic E-state index is 0.520. The minimum Gasteiger partial charge on any atom is -0.489 e. The van der Waals surface area contributed by atoms with Gasteiger partial charge in [-0.25, -0.2) is 4.79 Å². The zero-order chi connectivity index (χ0) is 9.97. The van der Waals surface area contributed by atoms with Gasteiger partial charge in [-0.3, -0.25) is 5.32 Å². The number of fused-ring (bicyclic) bond motifs is 1. The van der Waals surface area contributed by atoms with Crippen molar-refractivity contribution in [2.45, 2.75) is 0 Å². The average molecular weight is 191 g/mol. The number of anilines is 1. The zero-order valence-electron chi connectivity index (χ0n) is 7.36. The summed E-state index contributed by atoms with van der Waals surface area (Å²) in [6.07, 6.45) is 2.78. The van der Waals surface area contributed by atoms with E-state index in [9.17, 15) is 4.79 Å². The molecule has 2 N–H and O–H groups in total. The summed E-state index contributed by atoms with van der Waals surface area (Å²) < 4.78 is 5.33. The zero-order valence-corrected chi connectivity index (χ0v) is 7.36. The van der Waals surface area contributed by atoms with Crippen molar-refractivity contribution in [1.82, 2.24) is 0 Å². The molecule has 1 aliphatic heterocycles. The Bertz CT molecular complexity index is 398. The number of ether oxygens (including phenoxy) is 1. The smallest absolute Gasteiger partial charge is 0.409 e. The van der Waals surface area contributed by atoms with E-state index in [4.69, 9.17) is 9.84 Å². The van der Waals surface area contributed by atoms with E-state index in [2.05, 4.69) is 5.32 Å². The van der Waals surface area contributed by atoms with Gasteiger partial charge >= 0.3 is 6.09 Å². The number of carbonyl (C=O) groups is 1. The molecule has 1 heterocycles. The Morgan fingerprint density at radius 3 is 3.14 bits per heavy atom. The lowest BCUT2D eigenvalue weighted by molar-refractivity contribution is 0.209. The van der Waals surface area contributed by atoms with E-state index < -0.39 is 6.09 Å². The van der Waals surface area contributed by atoms with Gasteiger partial charge in [0, 0.05) is 17.3 Å². The van der Waals surface area contributed by atoms with Gasteiger partial charge in [0.25, 0.3) is 0 Å². The van der Waals surface area contributed by atoms with Crippen LogP contribution in [-0.2, 0) is 0 Å². The molecule has 72 valence electrons. The van der Waals surface area contributed by atoms with E-state index in [0.29, 0.717) is 18.0 Å². The fourth-order valence-corrected chi connectivity index (χ4v) is 1.31. The van der Waals surface area contributed by atoms with Crippen LogP contribution in [0.15, 0.2) is 24.3 Å². The maximum atomic E-state index is 10.4. The molecular weight excluding hydrogens is 182 g/mol. The Labute approximate surface area is 80.8 Å². The van der Waals surface area contributed by atoms with Gasteiger partial charge < -0.3 is 9.84 Å². The Balaban J connectivity index is 2.30. The first kappa shape index (κ1) is 8.62. The van der Waals surface area contributed by atoms with Crippen molar-refractivity contribution < 1.29 is 14.6 Å². The molecule has 2 rings (SSSR count). The minimum atomic E-state index is -1.07. The van der Waals surface area contributed by atoms with Gasteiger partial charge in [-0.2, -0.15) is 0 Å². The Hall–Kier alpha value is -1.97. The lowest BCUT2D eigenvalue weighted by Gasteiger charge is -2.13. The lowest BCUT2D eigenvalue weighted by Crippen LogP contribution is -2.08. The molecule has 14 heavy (non-hydrogen) atoms. The molecule has 4 heteroatoms. The highest BCUT2D eigenvalue weighted by atomic mass is 16.5. The number of amides is 1. The first-order chi connectivity index (χ1) is 6.75. The summed E-state index contributed by atoms with van der Waals surface area (Å²) in [5, 5.41) is 10.8. The average Bonchev–Trinajstić information content (AvgIpc) is 2.17. The van der Waals surface area contributed by atoms with Crippen LogP contribution in [0.4, 0.5) is 10.5 Å². The first-order valence-electron chi connectivity index (χ1n) is 4.19. The molecule has 0 saturated heterocycles. The molecule has 0 unspecified atom stereocenters. The number of carboxylic acid groups (broad SMARTS) is 1. The van der Waals surface area contributed by atoms with Crippen molar-refractivity contribution >= 4 is 17.9 Å².